The second-order valence-corrected chi connectivity index (χ2v) is 5.60. The van der Waals surface area contributed by atoms with Crippen molar-refractivity contribution in [1.29, 1.82) is 0 Å². The number of hydrogen-bond acceptors (Lipinski definition) is 6. The van der Waals surface area contributed by atoms with Crippen molar-refractivity contribution >= 4 is 29.2 Å². The molecule has 140 valence electrons. The molecular formula is C17H24N6O3. The molecule has 0 atom stereocenters. The highest BCUT2D eigenvalue weighted by atomic mass is 16.5. The molecule has 9 nitrogen and oxygen atoms in total. The zero-order valence-electron chi connectivity index (χ0n) is 15.4. The number of anilines is 3. The molecule has 9 heteroatoms. The van der Waals surface area contributed by atoms with Gasteiger partial charge in [0.1, 0.15) is 6.54 Å². The second kappa shape index (κ2) is 8.84. The third kappa shape index (κ3) is 4.95. The van der Waals surface area contributed by atoms with Crippen LogP contribution in [0.2, 0.25) is 0 Å². The van der Waals surface area contributed by atoms with Gasteiger partial charge in [0.25, 0.3) is 0 Å². The maximum atomic E-state index is 12.2. The maximum absolute atomic E-state index is 12.2. The number of methoxy groups -OCH3 is 1. The summed E-state index contributed by atoms with van der Waals surface area (Å²) in [5, 5.41) is 13.2. The van der Waals surface area contributed by atoms with Crippen LogP contribution in [0.3, 0.4) is 0 Å². The normalized spacial score (nSPS) is 10.3. The van der Waals surface area contributed by atoms with Crippen molar-refractivity contribution in [1.82, 2.24) is 15.0 Å². The molecule has 2 amide bonds. The third-order valence-corrected chi connectivity index (χ3v) is 3.85. The lowest BCUT2D eigenvalue weighted by Gasteiger charge is -2.22. The topological polar surface area (TPSA) is 101 Å². The first kappa shape index (κ1) is 19.2. The van der Waals surface area contributed by atoms with Crippen LogP contribution in [0, 0.1) is 6.92 Å². The van der Waals surface area contributed by atoms with Gasteiger partial charge in [-0.2, -0.15) is 9.90 Å². The number of nitrogens with zero attached hydrogens (tertiary/aromatic N) is 4. The van der Waals surface area contributed by atoms with Gasteiger partial charge in [0.05, 0.1) is 13.3 Å². The summed E-state index contributed by atoms with van der Waals surface area (Å²) in [6, 6.07) is 5.93. The Morgan fingerprint density at radius 2 is 1.96 bits per heavy atom. The first-order valence-electron chi connectivity index (χ1n) is 8.37. The van der Waals surface area contributed by atoms with E-state index in [0.29, 0.717) is 0 Å². The summed E-state index contributed by atoms with van der Waals surface area (Å²) in [5.41, 5.74) is 2.84. The largest absolute Gasteiger partial charge is 0.453 e. The molecule has 0 radical (unpaired) electrons. The fourth-order valence-corrected chi connectivity index (χ4v) is 2.48. The van der Waals surface area contributed by atoms with Gasteiger partial charge in [-0.25, -0.2) is 4.79 Å². The van der Waals surface area contributed by atoms with Crippen molar-refractivity contribution in [3.8, 4) is 0 Å². The number of rotatable bonds is 7. The average Bonchev–Trinajstić information content (AvgIpc) is 3.04. The number of aromatic nitrogens is 3. The highest BCUT2D eigenvalue weighted by Gasteiger charge is 2.11. The van der Waals surface area contributed by atoms with Crippen molar-refractivity contribution in [2.45, 2.75) is 27.3 Å². The van der Waals surface area contributed by atoms with E-state index in [1.54, 1.807) is 0 Å². The monoisotopic (exact) mass is 360 g/mol. The lowest BCUT2D eigenvalue weighted by Crippen LogP contribution is -2.23. The lowest BCUT2D eigenvalue weighted by molar-refractivity contribution is -0.117. The molecule has 2 rings (SSSR count). The first-order valence-corrected chi connectivity index (χ1v) is 8.37. The SMILES string of the molecule is CCN(CC)c1ccc(NC(=O)Cn2ncc(NC(=O)OC)n2)c(C)c1. The Hall–Kier alpha value is -3.10. The molecule has 1 aromatic heterocycles. The van der Waals surface area contributed by atoms with Gasteiger partial charge in [-0.1, -0.05) is 0 Å². The molecule has 0 aliphatic carbocycles. The van der Waals surface area contributed by atoms with Crippen molar-refractivity contribution in [3.05, 3.63) is 30.0 Å². The first-order chi connectivity index (χ1) is 12.5. The average molecular weight is 360 g/mol. The van der Waals surface area contributed by atoms with Crippen molar-refractivity contribution < 1.29 is 14.3 Å². The smallest absolute Gasteiger partial charge is 0.412 e. The van der Waals surface area contributed by atoms with E-state index >= 15 is 0 Å². The fraction of sp³-hybridized carbons (Fsp3) is 0.412. The molecule has 0 saturated carbocycles. The number of hydrogen-bond donors (Lipinski definition) is 2. The van der Waals surface area contributed by atoms with Crippen LogP contribution in [-0.2, 0) is 16.1 Å². The zero-order chi connectivity index (χ0) is 19.1. The lowest BCUT2D eigenvalue weighted by atomic mass is 10.1. The maximum Gasteiger partial charge on any atom is 0.412 e. The van der Waals surface area contributed by atoms with Gasteiger partial charge in [0, 0.05) is 24.5 Å². The van der Waals surface area contributed by atoms with E-state index < -0.39 is 6.09 Å². The predicted molar refractivity (Wildman–Crippen MR) is 99.4 cm³/mol. The summed E-state index contributed by atoms with van der Waals surface area (Å²) in [5.74, 6) is -0.0479. The molecular weight excluding hydrogens is 336 g/mol. The molecule has 1 heterocycles. The van der Waals surface area contributed by atoms with Gasteiger partial charge in [0.15, 0.2) is 5.82 Å². The van der Waals surface area contributed by atoms with Gasteiger partial charge in [-0.15, -0.1) is 5.10 Å². The van der Waals surface area contributed by atoms with E-state index in [-0.39, 0.29) is 18.3 Å². The Morgan fingerprint density at radius 3 is 2.58 bits per heavy atom. The summed E-state index contributed by atoms with van der Waals surface area (Å²) < 4.78 is 4.47. The molecule has 26 heavy (non-hydrogen) atoms. The van der Waals surface area contributed by atoms with Crippen LogP contribution in [0.25, 0.3) is 0 Å². The van der Waals surface area contributed by atoms with Crippen LogP contribution < -0.4 is 15.5 Å². The molecule has 2 N–H and O–H groups in total. The number of aryl methyl sites for hydroxylation is 1. The molecule has 0 saturated heterocycles. The molecule has 0 unspecified atom stereocenters. The van der Waals surface area contributed by atoms with Crippen LogP contribution in [0.15, 0.2) is 24.4 Å². The number of carbonyl (C=O) groups is 2. The van der Waals surface area contributed by atoms with E-state index in [2.05, 4.69) is 44.3 Å². The summed E-state index contributed by atoms with van der Waals surface area (Å²) in [4.78, 5) is 26.8. The molecule has 1 aromatic carbocycles. The van der Waals surface area contributed by atoms with E-state index in [4.69, 9.17) is 0 Å². The summed E-state index contributed by atoms with van der Waals surface area (Å²) in [7, 11) is 1.25. The third-order valence-electron chi connectivity index (χ3n) is 3.85. The summed E-state index contributed by atoms with van der Waals surface area (Å²) >= 11 is 0. The van der Waals surface area contributed by atoms with E-state index in [0.717, 1.165) is 30.0 Å². The van der Waals surface area contributed by atoms with E-state index in [9.17, 15) is 9.59 Å². The molecule has 2 aromatic rings. The highest BCUT2D eigenvalue weighted by Crippen LogP contribution is 2.22. The Morgan fingerprint density at radius 1 is 1.23 bits per heavy atom. The van der Waals surface area contributed by atoms with Crippen LogP contribution in [0.4, 0.5) is 22.0 Å². The standard InChI is InChI=1S/C17H24N6O3/c1-5-22(6-2)13-7-8-14(12(3)9-13)19-16(24)11-23-18-10-15(21-23)20-17(25)26-4/h7-10H,5-6,11H2,1-4H3,(H,19,24)(H,20,21,25). The Bertz CT molecular complexity index is 770. The van der Waals surface area contributed by atoms with Gasteiger partial charge in [-0.3, -0.25) is 10.1 Å². The number of nitrogens with one attached hydrogen (secondary N) is 2. The molecule has 0 fully saturated rings. The fourth-order valence-electron chi connectivity index (χ4n) is 2.48. The molecule has 0 aliphatic rings. The minimum Gasteiger partial charge on any atom is -0.453 e. The van der Waals surface area contributed by atoms with Gasteiger partial charge in [0.2, 0.25) is 5.91 Å². The Labute approximate surface area is 152 Å². The quantitative estimate of drug-likeness (QED) is 0.785. The summed E-state index contributed by atoms with van der Waals surface area (Å²) in [6.45, 7) is 7.94. The van der Waals surface area contributed by atoms with Crippen molar-refractivity contribution in [2.24, 2.45) is 0 Å². The van der Waals surface area contributed by atoms with Crippen LogP contribution in [0.5, 0.6) is 0 Å². The summed E-state index contributed by atoms with van der Waals surface area (Å²) in [6.07, 6.45) is 0.694. The zero-order valence-corrected chi connectivity index (χ0v) is 15.4. The van der Waals surface area contributed by atoms with Crippen molar-refractivity contribution in [3.63, 3.8) is 0 Å². The van der Waals surface area contributed by atoms with Gasteiger partial charge >= 0.3 is 6.09 Å². The number of benzene rings is 1. The van der Waals surface area contributed by atoms with Crippen molar-refractivity contribution in [2.75, 3.05) is 35.7 Å². The number of amides is 2. The van der Waals surface area contributed by atoms with E-state index in [1.165, 1.54) is 18.1 Å². The van der Waals surface area contributed by atoms with Gasteiger partial charge in [-0.05, 0) is 44.5 Å². The van der Waals surface area contributed by atoms with E-state index in [1.807, 2.05) is 25.1 Å². The Balaban J connectivity index is 1.98. The Kier molecular flexibility index (Phi) is 6.54. The van der Waals surface area contributed by atoms with Gasteiger partial charge < -0.3 is 15.0 Å². The van der Waals surface area contributed by atoms with Crippen LogP contribution in [-0.4, -0.2) is 47.2 Å². The minimum absolute atomic E-state index is 0.0694. The highest BCUT2D eigenvalue weighted by molar-refractivity contribution is 5.91. The number of carbonyl (C=O) groups excluding carboxylic acids is 2. The van der Waals surface area contributed by atoms with Crippen LogP contribution in [0.1, 0.15) is 19.4 Å². The number of ether oxygens (including phenoxy) is 1. The minimum atomic E-state index is -0.648. The predicted octanol–water partition coefficient (Wildman–Crippen LogP) is 2.25. The molecule has 0 spiro atoms. The van der Waals surface area contributed by atoms with Crippen LogP contribution >= 0.6 is 0 Å². The molecule has 0 aliphatic heterocycles. The second-order valence-electron chi connectivity index (χ2n) is 5.60. The molecule has 0 bridgehead atoms.